The van der Waals surface area contributed by atoms with Gasteiger partial charge in [0.15, 0.2) is 0 Å². The predicted octanol–water partition coefficient (Wildman–Crippen LogP) is 1.78. The van der Waals surface area contributed by atoms with E-state index >= 15 is 0 Å². The monoisotopic (exact) mass is 312 g/mol. The maximum Gasteiger partial charge on any atom is 0.244 e. The lowest BCUT2D eigenvalue weighted by atomic mass is 10.4. The van der Waals surface area contributed by atoms with Crippen LogP contribution in [0.1, 0.15) is 13.3 Å². The lowest BCUT2D eigenvalue weighted by Crippen LogP contribution is -2.32. The van der Waals surface area contributed by atoms with Crippen LogP contribution in [0.2, 0.25) is 10.2 Å². The molecule has 1 N–H and O–H groups in total. The van der Waals surface area contributed by atoms with Gasteiger partial charge in [0, 0.05) is 25.9 Å². The van der Waals surface area contributed by atoms with Crippen LogP contribution in [-0.4, -0.2) is 42.5 Å². The van der Waals surface area contributed by atoms with E-state index in [4.69, 9.17) is 28.3 Å². The molecule has 0 atom stereocenters. The van der Waals surface area contributed by atoms with E-state index in [2.05, 4.69) is 4.98 Å². The van der Waals surface area contributed by atoms with Gasteiger partial charge >= 0.3 is 0 Å². The van der Waals surface area contributed by atoms with E-state index in [9.17, 15) is 8.42 Å². The molecule has 0 bridgehead atoms. The van der Waals surface area contributed by atoms with Gasteiger partial charge in [-0.1, -0.05) is 30.1 Å². The Balaban J connectivity index is 3.06. The summed E-state index contributed by atoms with van der Waals surface area (Å²) in [6.45, 7) is 2.21. The van der Waals surface area contributed by atoms with Crippen molar-refractivity contribution in [2.75, 3.05) is 19.7 Å². The molecule has 0 amide bonds. The Labute approximate surface area is 116 Å². The van der Waals surface area contributed by atoms with E-state index in [-0.39, 0.29) is 28.2 Å². The summed E-state index contributed by atoms with van der Waals surface area (Å²) >= 11 is 11.4. The van der Waals surface area contributed by atoms with Crippen LogP contribution in [0.3, 0.4) is 0 Å². The molecule has 1 aromatic heterocycles. The SMILES string of the molecule is CCN(CCCO)S(=O)(=O)c1cnc(Cl)c(Cl)c1. The smallest absolute Gasteiger partial charge is 0.244 e. The average molecular weight is 313 g/mol. The Bertz CT molecular complexity index is 508. The van der Waals surface area contributed by atoms with Crippen molar-refractivity contribution in [1.29, 1.82) is 0 Å². The van der Waals surface area contributed by atoms with Gasteiger partial charge in [-0.15, -0.1) is 0 Å². The van der Waals surface area contributed by atoms with E-state index in [1.54, 1.807) is 6.92 Å². The number of hydrogen-bond acceptors (Lipinski definition) is 4. The fraction of sp³-hybridized carbons (Fsp3) is 0.500. The molecule has 5 nitrogen and oxygen atoms in total. The van der Waals surface area contributed by atoms with Crippen molar-refractivity contribution in [3.8, 4) is 0 Å². The Kier molecular flexibility index (Phi) is 5.81. The number of aromatic nitrogens is 1. The van der Waals surface area contributed by atoms with Crippen molar-refractivity contribution in [2.45, 2.75) is 18.2 Å². The van der Waals surface area contributed by atoms with Gasteiger partial charge in [0.05, 0.1) is 5.02 Å². The summed E-state index contributed by atoms with van der Waals surface area (Å²) in [7, 11) is -3.65. The summed E-state index contributed by atoms with van der Waals surface area (Å²) < 4.78 is 25.7. The number of nitrogens with zero attached hydrogens (tertiary/aromatic N) is 2. The van der Waals surface area contributed by atoms with Crippen molar-refractivity contribution in [3.05, 3.63) is 22.4 Å². The third kappa shape index (κ3) is 3.55. The molecule has 8 heteroatoms. The second-order valence-corrected chi connectivity index (χ2v) is 6.22. The number of sulfonamides is 1. The topological polar surface area (TPSA) is 70.5 Å². The van der Waals surface area contributed by atoms with Gasteiger partial charge in [-0.25, -0.2) is 13.4 Å². The highest BCUT2D eigenvalue weighted by Crippen LogP contribution is 2.24. The summed E-state index contributed by atoms with van der Waals surface area (Å²) in [4.78, 5) is 3.72. The Morgan fingerprint density at radius 1 is 1.44 bits per heavy atom. The average Bonchev–Trinajstić information content (AvgIpc) is 2.33. The molecule has 102 valence electrons. The maximum atomic E-state index is 12.2. The van der Waals surface area contributed by atoms with Gasteiger partial charge in [-0.05, 0) is 12.5 Å². The summed E-state index contributed by atoms with van der Waals surface area (Å²) in [5.41, 5.74) is 0. The number of aliphatic hydroxyl groups excluding tert-OH is 1. The number of halogens is 2. The van der Waals surface area contributed by atoms with E-state index in [0.29, 0.717) is 13.0 Å². The second kappa shape index (κ2) is 6.68. The van der Waals surface area contributed by atoms with Crippen LogP contribution in [0, 0.1) is 0 Å². The van der Waals surface area contributed by atoms with Crippen LogP contribution < -0.4 is 0 Å². The number of rotatable bonds is 6. The van der Waals surface area contributed by atoms with Gasteiger partial charge < -0.3 is 5.11 Å². The van der Waals surface area contributed by atoms with Crippen molar-refractivity contribution >= 4 is 33.2 Å². The van der Waals surface area contributed by atoms with Gasteiger partial charge in [0.1, 0.15) is 10.0 Å². The molecule has 0 aliphatic rings. The van der Waals surface area contributed by atoms with E-state index in [0.717, 1.165) is 0 Å². The molecule has 1 heterocycles. The molecule has 0 radical (unpaired) electrons. The molecule has 18 heavy (non-hydrogen) atoms. The van der Waals surface area contributed by atoms with Crippen molar-refractivity contribution in [1.82, 2.24) is 9.29 Å². The minimum atomic E-state index is -3.65. The zero-order chi connectivity index (χ0) is 13.8. The molecule has 0 aliphatic carbocycles. The molecule has 1 rings (SSSR count). The van der Waals surface area contributed by atoms with Crippen LogP contribution in [-0.2, 0) is 10.0 Å². The first kappa shape index (κ1) is 15.7. The highest BCUT2D eigenvalue weighted by atomic mass is 35.5. The highest BCUT2D eigenvalue weighted by Gasteiger charge is 2.23. The maximum absolute atomic E-state index is 12.2. The minimum Gasteiger partial charge on any atom is -0.396 e. The largest absolute Gasteiger partial charge is 0.396 e. The van der Waals surface area contributed by atoms with Gasteiger partial charge in [-0.3, -0.25) is 0 Å². The third-order valence-corrected chi connectivity index (χ3v) is 4.95. The minimum absolute atomic E-state index is 0.00307. The van der Waals surface area contributed by atoms with Crippen LogP contribution in [0.15, 0.2) is 17.2 Å². The van der Waals surface area contributed by atoms with Crippen LogP contribution in [0.4, 0.5) is 0 Å². The molecule has 0 unspecified atom stereocenters. The first-order valence-corrected chi connectivity index (χ1v) is 7.55. The molecule has 0 spiro atoms. The van der Waals surface area contributed by atoms with E-state index < -0.39 is 10.0 Å². The van der Waals surface area contributed by atoms with Crippen molar-refractivity contribution in [3.63, 3.8) is 0 Å². The Morgan fingerprint density at radius 2 is 2.11 bits per heavy atom. The highest BCUT2D eigenvalue weighted by molar-refractivity contribution is 7.89. The lowest BCUT2D eigenvalue weighted by Gasteiger charge is -2.19. The molecule has 0 aliphatic heterocycles. The fourth-order valence-corrected chi connectivity index (χ4v) is 3.18. The van der Waals surface area contributed by atoms with Crippen LogP contribution in [0.5, 0.6) is 0 Å². The lowest BCUT2D eigenvalue weighted by molar-refractivity contribution is 0.271. The normalized spacial score (nSPS) is 12.1. The first-order valence-electron chi connectivity index (χ1n) is 5.35. The standard InChI is InChI=1S/C10H14Cl2N2O3S/c1-2-14(4-3-5-15)18(16,17)8-6-9(11)10(12)13-7-8/h6-7,15H,2-5H2,1H3. The van der Waals surface area contributed by atoms with Gasteiger partial charge in [0.2, 0.25) is 10.0 Å². The van der Waals surface area contributed by atoms with E-state index in [1.165, 1.54) is 16.6 Å². The van der Waals surface area contributed by atoms with Gasteiger partial charge in [-0.2, -0.15) is 4.31 Å². The quantitative estimate of drug-likeness (QED) is 0.813. The summed E-state index contributed by atoms with van der Waals surface area (Å²) in [5.74, 6) is 0. The third-order valence-electron chi connectivity index (χ3n) is 2.33. The Morgan fingerprint density at radius 3 is 2.61 bits per heavy atom. The number of aliphatic hydroxyl groups is 1. The molecular formula is C10H14Cl2N2O3S. The molecule has 1 aromatic rings. The van der Waals surface area contributed by atoms with Crippen molar-refractivity contribution in [2.24, 2.45) is 0 Å². The molecule has 0 aromatic carbocycles. The zero-order valence-corrected chi connectivity index (χ0v) is 12.1. The van der Waals surface area contributed by atoms with Crippen LogP contribution in [0.25, 0.3) is 0 Å². The molecule has 0 saturated carbocycles. The number of pyridine rings is 1. The molecule has 0 saturated heterocycles. The van der Waals surface area contributed by atoms with Gasteiger partial charge in [0.25, 0.3) is 0 Å². The number of hydrogen-bond donors (Lipinski definition) is 1. The summed E-state index contributed by atoms with van der Waals surface area (Å²) in [6, 6.07) is 1.27. The van der Waals surface area contributed by atoms with E-state index in [1.807, 2.05) is 0 Å². The summed E-state index contributed by atoms with van der Waals surface area (Å²) in [6.07, 6.45) is 1.55. The first-order chi connectivity index (χ1) is 8.43. The second-order valence-electron chi connectivity index (χ2n) is 3.52. The predicted molar refractivity (Wildman–Crippen MR) is 70.4 cm³/mol. The molecular weight excluding hydrogens is 299 g/mol. The van der Waals surface area contributed by atoms with Crippen LogP contribution >= 0.6 is 23.2 Å². The molecule has 0 fully saturated rings. The Hall–Kier alpha value is -0.400. The fourth-order valence-electron chi connectivity index (χ4n) is 1.39. The van der Waals surface area contributed by atoms with Crippen molar-refractivity contribution < 1.29 is 13.5 Å². The summed E-state index contributed by atoms with van der Waals surface area (Å²) in [5, 5.41) is 8.91. The zero-order valence-electron chi connectivity index (χ0n) is 9.81.